The molecule has 0 aromatic rings. The second-order valence-electron chi connectivity index (χ2n) is 3.68. The third kappa shape index (κ3) is 6.15. The van der Waals surface area contributed by atoms with Crippen LogP contribution in [0.25, 0.3) is 0 Å². The molecular formula is C11H22. The molecule has 0 spiro atoms. The van der Waals surface area contributed by atoms with Crippen molar-refractivity contribution in [1.82, 2.24) is 0 Å². The molecule has 0 aliphatic rings. The Balaban J connectivity index is 3.29. The zero-order chi connectivity index (χ0) is 8.69. The molecule has 0 nitrogen and oxygen atoms in total. The van der Waals surface area contributed by atoms with Gasteiger partial charge in [-0.15, -0.1) is 6.58 Å². The van der Waals surface area contributed by atoms with E-state index in [1.54, 1.807) is 0 Å². The van der Waals surface area contributed by atoms with E-state index in [0.29, 0.717) is 5.92 Å². The van der Waals surface area contributed by atoms with Gasteiger partial charge in [-0.05, 0) is 18.3 Å². The van der Waals surface area contributed by atoms with Gasteiger partial charge >= 0.3 is 0 Å². The first-order valence-corrected chi connectivity index (χ1v) is 4.83. The van der Waals surface area contributed by atoms with Crippen molar-refractivity contribution in [2.75, 3.05) is 0 Å². The Kier molecular flexibility index (Phi) is 6.30. The van der Waals surface area contributed by atoms with Gasteiger partial charge in [0.15, 0.2) is 0 Å². The molecule has 0 aromatic carbocycles. The zero-order valence-corrected chi connectivity index (χ0v) is 8.27. The fraction of sp³-hybridized carbons (Fsp3) is 0.818. The summed E-state index contributed by atoms with van der Waals surface area (Å²) in [6.45, 7) is 10.6. The van der Waals surface area contributed by atoms with Crippen molar-refractivity contribution < 1.29 is 0 Å². The lowest BCUT2D eigenvalue weighted by atomic mass is 9.95. The highest BCUT2D eigenvalue weighted by Gasteiger charge is 2.02. The molecule has 0 rings (SSSR count). The Morgan fingerprint density at radius 2 is 1.82 bits per heavy atom. The van der Waals surface area contributed by atoms with Crippen LogP contribution in [0.15, 0.2) is 12.7 Å². The summed E-state index contributed by atoms with van der Waals surface area (Å²) in [4.78, 5) is 0. The second-order valence-corrected chi connectivity index (χ2v) is 3.68. The molecule has 66 valence electrons. The lowest BCUT2D eigenvalue weighted by Crippen LogP contribution is -1.97. The van der Waals surface area contributed by atoms with E-state index < -0.39 is 0 Å². The Bertz CT molecular complexity index is 94.2. The molecule has 0 saturated carbocycles. The maximum absolute atomic E-state index is 3.78. The summed E-state index contributed by atoms with van der Waals surface area (Å²) in [5.41, 5.74) is 0. The Labute approximate surface area is 71.7 Å². The Morgan fingerprint density at radius 3 is 2.27 bits per heavy atom. The monoisotopic (exact) mass is 154 g/mol. The minimum Gasteiger partial charge on any atom is -0.103 e. The quantitative estimate of drug-likeness (QED) is 0.507. The van der Waals surface area contributed by atoms with Gasteiger partial charge in [-0.2, -0.15) is 0 Å². The van der Waals surface area contributed by atoms with E-state index >= 15 is 0 Å². The lowest BCUT2D eigenvalue weighted by molar-refractivity contribution is 0.440. The van der Waals surface area contributed by atoms with Gasteiger partial charge in [0.2, 0.25) is 0 Å². The molecule has 2 unspecified atom stereocenters. The van der Waals surface area contributed by atoms with Gasteiger partial charge < -0.3 is 0 Å². The Morgan fingerprint density at radius 1 is 1.18 bits per heavy atom. The third-order valence-electron chi connectivity index (χ3n) is 2.30. The first-order valence-electron chi connectivity index (χ1n) is 4.83. The van der Waals surface area contributed by atoms with Crippen LogP contribution in [-0.2, 0) is 0 Å². The summed E-state index contributed by atoms with van der Waals surface area (Å²) in [6.07, 6.45) is 7.43. The van der Waals surface area contributed by atoms with Crippen LogP contribution in [0.3, 0.4) is 0 Å². The van der Waals surface area contributed by atoms with E-state index in [1.165, 1.54) is 25.7 Å². The molecule has 0 aliphatic carbocycles. The number of hydrogen-bond acceptors (Lipinski definition) is 0. The molecule has 0 N–H and O–H groups in total. The van der Waals surface area contributed by atoms with Crippen LogP contribution in [0.2, 0.25) is 0 Å². The van der Waals surface area contributed by atoms with Gasteiger partial charge in [-0.1, -0.05) is 46.1 Å². The van der Waals surface area contributed by atoms with Gasteiger partial charge in [-0.3, -0.25) is 0 Å². The molecule has 0 radical (unpaired) electrons. The van der Waals surface area contributed by atoms with Crippen LogP contribution in [0.4, 0.5) is 0 Å². The SMILES string of the molecule is C=CC(C)CCC(C)CCC. The summed E-state index contributed by atoms with van der Waals surface area (Å²) < 4.78 is 0. The van der Waals surface area contributed by atoms with E-state index in [0.717, 1.165) is 5.92 Å². The summed E-state index contributed by atoms with van der Waals surface area (Å²) in [5, 5.41) is 0. The number of rotatable bonds is 6. The topological polar surface area (TPSA) is 0 Å². The van der Waals surface area contributed by atoms with Crippen molar-refractivity contribution in [3.8, 4) is 0 Å². The zero-order valence-electron chi connectivity index (χ0n) is 8.27. The second kappa shape index (κ2) is 6.45. The highest BCUT2D eigenvalue weighted by atomic mass is 14.1. The molecule has 0 fully saturated rings. The molecule has 0 amide bonds. The minimum absolute atomic E-state index is 0.703. The van der Waals surface area contributed by atoms with Crippen LogP contribution in [0, 0.1) is 11.8 Å². The van der Waals surface area contributed by atoms with Gasteiger partial charge in [0, 0.05) is 0 Å². The van der Waals surface area contributed by atoms with Crippen LogP contribution in [-0.4, -0.2) is 0 Å². The van der Waals surface area contributed by atoms with E-state index in [9.17, 15) is 0 Å². The van der Waals surface area contributed by atoms with Gasteiger partial charge in [-0.25, -0.2) is 0 Å². The van der Waals surface area contributed by atoms with E-state index in [1.807, 2.05) is 0 Å². The largest absolute Gasteiger partial charge is 0.103 e. The average Bonchev–Trinajstić information content (AvgIpc) is 2.01. The molecule has 0 aliphatic heterocycles. The summed E-state index contributed by atoms with van der Waals surface area (Å²) in [6, 6.07) is 0. The molecule has 0 bridgehead atoms. The van der Waals surface area contributed by atoms with Crippen molar-refractivity contribution >= 4 is 0 Å². The van der Waals surface area contributed by atoms with Crippen molar-refractivity contribution in [2.45, 2.75) is 46.5 Å². The van der Waals surface area contributed by atoms with Crippen LogP contribution >= 0.6 is 0 Å². The fourth-order valence-corrected chi connectivity index (χ4v) is 1.30. The molecule has 0 saturated heterocycles. The molecule has 11 heavy (non-hydrogen) atoms. The van der Waals surface area contributed by atoms with Crippen molar-refractivity contribution in [1.29, 1.82) is 0 Å². The lowest BCUT2D eigenvalue weighted by Gasteiger charge is -2.11. The molecule has 2 atom stereocenters. The van der Waals surface area contributed by atoms with E-state index in [4.69, 9.17) is 0 Å². The first kappa shape index (κ1) is 10.7. The maximum atomic E-state index is 3.78. The molecule has 0 heterocycles. The predicted octanol–water partition coefficient (Wildman–Crippen LogP) is 4.02. The van der Waals surface area contributed by atoms with Crippen LogP contribution < -0.4 is 0 Å². The minimum atomic E-state index is 0.703. The van der Waals surface area contributed by atoms with Crippen molar-refractivity contribution in [2.24, 2.45) is 11.8 Å². The smallest absolute Gasteiger partial charge is 0.0265 e. The normalized spacial score (nSPS) is 15.9. The maximum Gasteiger partial charge on any atom is -0.0265 e. The number of hydrogen-bond donors (Lipinski definition) is 0. The summed E-state index contributed by atoms with van der Waals surface area (Å²) in [5.74, 6) is 1.61. The summed E-state index contributed by atoms with van der Waals surface area (Å²) in [7, 11) is 0. The van der Waals surface area contributed by atoms with Crippen LogP contribution in [0.1, 0.15) is 46.5 Å². The Hall–Kier alpha value is -0.260. The fourth-order valence-electron chi connectivity index (χ4n) is 1.30. The van der Waals surface area contributed by atoms with Crippen molar-refractivity contribution in [3.63, 3.8) is 0 Å². The molecule has 0 aromatic heterocycles. The van der Waals surface area contributed by atoms with Crippen LogP contribution in [0.5, 0.6) is 0 Å². The van der Waals surface area contributed by atoms with Gasteiger partial charge in [0.05, 0.1) is 0 Å². The van der Waals surface area contributed by atoms with Crippen molar-refractivity contribution in [3.05, 3.63) is 12.7 Å². The van der Waals surface area contributed by atoms with E-state index in [-0.39, 0.29) is 0 Å². The number of allylic oxidation sites excluding steroid dienone is 1. The van der Waals surface area contributed by atoms with E-state index in [2.05, 4.69) is 33.4 Å². The standard InChI is InChI=1S/C11H22/c1-5-7-11(4)9-8-10(3)6-2/h6,10-11H,2,5,7-9H2,1,3-4H3. The molecular weight excluding hydrogens is 132 g/mol. The highest BCUT2D eigenvalue weighted by Crippen LogP contribution is 2.16. The third-order valence-corrected chi connectivity index (χ3v) is 2.30. The molecule has 0 heteroatoms. The average molecular weight is 154 g/mol. The van der Waals surface area contributed by atoms with Gasteiger partial charge in [0.25, 0.3) is 0 Å². The predicted molar refractivity (Wildman–Crippen MR) is 52.7 cm³/mol. The first-order chi connectivity index (χ1) is 5.20. The van der Waals surface area contributed by atoms with Gasteiger partial charge in [0.1, 0.15) is 0 Å². The summed E-state index contributed by atoms with van der Waals surface area (Å²) >= 11 is 0. The highest BCUT2D eigenvalue weighted by molar-refractivity contribution is 4.75.